The molecule has 7 rings (SSSR count). The standard InChI is InChI=1S/C33H37N3O8/c1-35(2)25-21-13-16-12-20-23(27(38)22(16)30(40)33(21,43)31(41)24(28(25)39)32(34)42)26(37)19-11-15(14-36-9-4-10-36)7-8-18(19)29(20)44-17-5-3-6-17/h7-8,11,16-17,21-22,24-25,37,43H,3-6,9-10,12-14H2,1-2H3,(H2,34,42)/t16-,21-,22?,24?,25-,33-/m0/s1. The number of likely N-dealkylation sites (tertiary alicyclic amines) is 1. The summed E-state index contributed by atoms with van der Waals surface area (Å²) in [6, 6.07) is 4.65. The average molecular weight is 604 g/mol. The fourth-order valence-corrected chi connectivity index (χ4v) is 8.17. The highest BCUT2D eigenvalue weighted by molar-refractivity contribution is 6.32. The summed E-state index contributed by atoms with van der Waals surface area (Å²) in [7, 11) is 3.14. The Morgan fingerprint density at radius 2 is 1.82 bits per heavy atom. The Balaban J connectivity index is 1.37. The lowest BCUT2D eigenvalue weighted by Gasteiger charge is -2.52. The first kappa shape index (κ1) is 29.1. The van der Waals surface area contributed by atoms with Gasteiger partial charge in [0, 0.05) is 28.8 Å². The van der Waals surface area contributed by atoms with Gasteiger partial charge in [-0.25, -0.2) is 0 Å². The normalized spacial score (nSPS) is 32.1. The van der Waals surface area contributed by atoms with E-state index in [1.165, 1.54) is 4.90 Å². The molecule has 5 aliphatic rings. The van der Waals surface area contributed by atoms with Gasteiger partial charge in [-0.1, -0.05) is 12.1 Å². The smallest absolute Gasteiger partial charge is 0.235 e. The maximum Gasteiger partial charge on any atom is 0.235 e. The lowest BCUT2D eigenvalue weighted by molar-refractivity contribution is -0.181. The van der Waals surface area contributed by atoms with E-state index in [1.54, 1.807) is 14.1 Å². The molecule has 4 N–H and O–H groups in total. The zero-order chi connectivity index (χ0) is 31.2. The third-order valence-corrected chi connectivity index (χ3v) is 10.7. The third kappa shape index (κ3) is 4.02. The van der Waals surface area contributed by atoms with E-state index in [2.05, 4.69) is 4.90 Å². The van der Waals surface area contributed by atoms with Crippen LogP contribution in [0.4, 0.5) is 0 Å². The van der Waals surface area contributed by atoms with Gasteiger partial charge >= 0.3 is 0 Å². The van der Waals surface area contributed by atoms with Gasteiger partial charge < -0.3 is 20.7 Å². The molecule has 2 aromatic rings. The van der Waals surface area contributed by atoms with E-state index in [1.807, 2.05) is 18.2 Å². The number of amides is 1. The molecule has 1 aliphatic heterocycles. The molecule has 0 radical (unpaired) electrons. The lowest BCUT2D eigenvalue weighted by atomic mass is 9.52. The van der Waals surface area contributed by atoms with Crippen molar-refractivity contribution in [3.05, 3.63) is 34.9 Å². The van der Waals surface area contributed by atoms with Crippen LogP contribution in [0, 0.1) is 23.7 Å². The van der Waals surface area contributed by atoms with Gasteiger partial charge in [-0.2, -0.15) is 0 Å². The summed E-state index contributed by atoms with van der Waals surface area (Å²) in [4.78, 5) is 71.5. The maximum atomic E-state index is 14.3. The first-order valence-corrected chi connectivity index (χ1v) is 15.5. The van der Waals surface area contributed by atoms with Crippen molar-refractivity contribution in [1.82, 2.24) is 9.80 Å². The van der Waals surface area contributed by atoms with Crippen LogP contribution >= 0.6 is 0 Å². The molecule has 232 valence electrons. The number of ether oxygens (including phenoxy) is 1. The molecule has 1 saturated heterocycles. The van der Waals surface area contributed by atoms with Crippen LogP contribution in [0.1, 0.15) is 53.6 Å². The second-order valence-electron chi connectivity index (χ2n) is 13.5. The minimum atomic E-state index is -2.75. The van der Waals surface area contributed by atoms with Crippen LogP contribution in [0.2, 0.25) is 0 Å². The van der Waals surface area contributed by atoms with Gasteiger partial charge in [0.2, 0.25) is 5.91 Å². The van der Waals surface area contributed by atoms with Gasteiger partial charge in [0.1, 0.15) is 11.5 Å². The third-order valence-electron chi connectivity index (χ3n) is 10.7. The summed E-state index contributed by atoms with van der Waals surface area (Å²) >= 11 is 0. The van der Waals surface area contributed by atoms with Crippen LogP contribution < -0.4 is 10.5 Å². The van der Waals surface area contributed by atoms with Gasteiger partial charge in [-0.15, -0.1) is 0 Å². The van der Waals surface area contributed by atoms with Crippen molar-refractivity contribution in [1.29, 1.82) is 0 Å². The molecule has 0 aromatic heterocycles. The number of likely N-dealkylation sites (N-methyl/N-ethyl adjacent to an activating group) is 1. The minimum Gasteiger partial charge on any atom is -0.507 e. The van der Waals surface area contributed by atoms with Crippen molar-refractivity contribution in [3.8, 4) is 11.5 Å². The monoisotopic (exact) mass is 603 g/mol. The van der Waals surface area contributed by atoms with E-state index in [0.717, 1.165) is 44.3 Å². The Hall–Kier alpha value is -3.67. The van der Waals surface area contributed by atoms with Gasteiger partial charge in [0.25, 0.3) is 0 Å². The van der Waals surface area contributed by atoms with Crippen LogP contribution in [-0.4, -0.2) is 94.0 Å². The quantitative estimate of drug-likeness (QED) is 0.408. The average Bonchev–Trinajstić information content (AvgIpc) is 2.91. The number of rotatable bonds is 6. The largest absolute Gasteiger partial charge is 0.507 e. The first-order valence-electron chi connectivity index (χ1n) is 15.5. The topological polar surface area (TPSA) is 168 Å². The maximum absolute atomic E-state index is 14.3. The summed E-state index contributed by atoms with van der Waals surface area (Å²) < 4.78 is 6.51. The lowest BCUT2D eigenvalue weighted by Crippen LogP contribution is -2.74. The Labute approximate surface area is 254 Å². The predicted octanol–water partition coefficient (Wildman–Crippen LogP) is 1.16. The number of carbonyl (C=O) groups excluding carboxylic acids is 5. The number of nitrogens with two attached hydrogens (primary N) is 1. The van der Waals surface area contributed by atoms with Gasteiger partial charge in [0.05, 0.1) is 23.6 Å². The van der Waals surface area contributed by atoms with Crippen LogP contribution in [0.5, 0.6) is 11.5 Å². The van der Waals surface area contributed by atoms with Crippen LogP contribution in [-0.2, 0) is 32.1 Å². The number of aliphatic hydroxyl groups is 1. The molecule has 4 fully saturated rings. The molecule has 2 aromatic carbocycles. The number of ketones is 4. The number of carbonyl (C=O) groups is 5. The number of Topliss-reactive ketones (excluding diaryl/α,β-unsaturated/α-hetero) is 4. The highest BCUT2D eigenvalue weighted by atomic mass is 16.5. The molecule has 1 amide bonds. The number of hydrogen-bond donors (Lipinski definition) is 3. The molecule has 3 saturated carbocycles. The zero-order valence-electron chi connectivity index (χ0n) is 24.9. The van der Waals surface area contributed by atoms with Gasteiger partial charge in [0.15, 0.2) is 34.7 Å². The molecular weight excluding hydrogens is 566 g/mol. The fraction of sp³-hybridized carbons (Fsp3) is 0.545. The minimum absolute atomic E-state index is 0.000333. The Morgan fingerprint density at radius 3 is 2.41 bits per heavy atom. The summed E-state index contributed by atoms with van der Waals surface area (Å²) in [5.74, 6) is -10.0. The Morgan fingerprint density at radius 1 is 1.09 bits per heavy atom. The number of phenolic OH excluding ortho intramolecular Hbond substituents is 1. The van der Waals surface area contributed by atoms with Crippen molar-refractivity contribution < 1.29 is 38.9 Å². The van der Waals surface area contributed by atoms with Crippen molar-refractivity contribution >= 4 is 39.8 Å². The number of benzene rings is 2. The first-order chi connectivity index (χ1) is 20.9. The molecule has 2 unspecified atom stereocenters. The number of aromatic hydroxyl groups is 1. The number of fused-ring (bicyclic) bond motifs is 4. The summed E-state index contributed by atoms with van der Waals surface area (Å²) in [6.07, 6.45) is 4.04. The van der Waals surface area contributed by atoms with E-state index in [0.29, 0.717) is 28.6 Å². The second-order valence-corrected chi connectivity index (χ2v) is 13.5. The molecule has 11 nitrogen and oxygen atoms in total. The molecule has 11 heteroatoms. The molecule has 44 heavy (non-hydrogen) atoms. The molecule has 4 aliphatic carbocycles. The van der Waals surface area contributed by atoms with Crippen molar-refractivity contribution in [2.24, 2.45) is 29.4 Å². The predicted molar refractivity (Wildman–Crippen MR) is 157 cm³/mol. The Bertz CT molecular complexity index is 1640. The number of nitrogens with zero attached hydrogens (tertiary/aromatic N) is 2. The van der Waals surface area contributed by atoms with Gasteiger partial charge in [-0.05, 0) is 83.3 Å². The van der Waals surface area contributed by atoms with E-state index in [9.17, 15) is 34.2 Å². The van der Waals surface area contributed by atoms with E-state index in [-0.39, 0.29) is 30.3 Å². The summed E-state index contributed by atoms with van der Waals surface area (Å²) in [5.41, 5.74) is 4.12. The fourth-order valence-electron chi connectivity index (χ4n) is 8.17. The van der Waals surface area contributed by atoms with Crippen molar-refractivity contribution in [2.75, 3.05) is 27.2 Å². The molecule has 0 spiro atoms. The number of primary amides is 1. The van der Waals surface area contributed by atoms with Crippen molar-refractivity contribution in [2.45, 2.75) is 62.8 Å². The van der Waals surface area contributed by atoms with E-state index < -0.39 is 64.4 Å². The number of phenols is 1. The molecule has 1 heterocycles. The van der Waals surface area contributed by atoms with E-state index in [4.69, 9.17) is 10.5 Å². The summed E-state index contributed by atoms with van der Waals surface area (Å²) in [6.45, 7) is 2.69. The van der Waals surface area contributed by atoms with Crippen molar-refractivity contribution in [3.63, 3.8) is 0 Å². The van der Waals surface area contributed by atoms with Crippen LogP contribution in [0.25, 0.3) is 10.8 Å². The zero-order valence-corrected chi connectivity index (χ0v) is 24.9. The SMILES string of the molecule is CN(C)[C@@H]1C(=O)C(C(N)=O)C(=O)[C@@]2(O)C(=O)C3C(=O)c4c(c(OC5CCC5)c5ccc(CN6CCC6)cc5c4O)C[C@H]3C[C@@H]12. The van der Waals surface area contributed by atoms with Gasteiger partial charge in [-0.3, -0.25) is 33.8 Å². The second kappa shape index (κ2) is 10.2. The molecule has 6 atom stereocenters. The number of hydrogen-bond acceptors (Lipinski definition) is 10. The van der Waals surface area contributed by atoms with Crippen LogP contribution in [0.3, 0.4) is 0 Å². The molecule has 0 bridgehead atoms. The molecular formula is C33H37N3O8. The van der Waals surface area contributed by atoms with E-state index >= 15 is 0 Å². The highest BCUT2D eigenvalue weighted by Gasteiger charge is 2.69. The highest BCUT2D eigenvalue weighted by Crippen LogP contribution is 2.54. The summed E-state index contributed by atoms with van der Waals surface area (Å²) in [5, 5.41) is 24.7. The van der Waals surface area contributed by atoms with Crippen LogP contribution in [0.15, 0.2) is 18.2 Å². The Kier molecular flexibility index (Phi) is 6.73.